The normalized spacial score (nSPS) is 17.9. The minimum absolute atomic E-state index is 0.0358. The van der Waals surface area contributed by atoms with Gasteiger partial charge in [0.15, 0.2) is 5.82 Å². The first-order chi connectivity index (χ1) is 20.0. The standard InChI is InChI=1S/C33H40FN7O/c1-9-26(42)41-13-12-39(16-22(41)5)32-24-14-20(3)29(28-19(2)10-11-25-27(28)21(4)15-38(25)8)30(34)31(24)35-33(36-32)40-17-23(18-40)37(6)7/h9-11,14-15,22-23H,1,12-13,16-18H2,2-8H3/t22-/m1/s1. The molecule has 6 rings (SSSR count). The third kappa shape index (κ3) is 4.42. The molecule has 1 atom stereocenters. The van der Waals surface area contributed by atoms with E-state index in [1.807, 2.05) is 38.8 Å². The molecule has 2 fully saturated rings. The number of nitrogens with zero attached hydrogens (tertiary/aromatic N) is 7. The molecule has 0 unspecified atom stereocenters. The molecule has 0 saturated carbocycles. The Balaban J connectivity index is 1.54. The van der Waals surface area contributed by atoms with Gasteiger partial charge in [0.25, 0.3) is 0 Å². The number of rotatable bonds is 5. The number of fused-ring (bicyclic) bond motifs is 2. The number of anilines is 2. The minimum Gasteiger partial charge on any atom is -0.352 e. The van der Waals surface area contributed by atoms with E-state index in [0.717, 1.165) is 52.1 Å². The molecule has 2 aromatic heterocycles. The van der Waals surface area contributed by atoms with E-state index in [4.69, 9.17) is 9.97 Å². The maximum absolute atomic E-state index is 17.1. The predicted octanol–water partition coefficient (Wildman–Crippen LogP) is 4.83. The maximum atomic E-state index is 17.1. The number of likely N-dealkylation sites (N-methyl/N-ethyl adjacent to an activating group) is 1. The maximum Gasteiger partial charge on any atom is 0.246 e. The van der Waals surface area contributed by atoms with E-state index in [1.54, 1.807) is 0 Å². The van der Waals surface area contributed by atoms with Crippen molar-refractivity contribution in [2.75, 3.05) is 56.6 Å². The van der Waals surface area contributed by atoms with Crippen molar-refractivity contribution in [3.8, 4) is 11.1 Å². The number of amides is 1. The number of piperazine rings is 1. The average molecular weight is 570 g/mol. The van der Waals surface area contributed by atoms with Gasteiger partial charge in [-0.2, -0.15) is 4.98 Å². The van der Waals surface area contributed by atoms with Crippen molar-refractivity contribution < 1.29 is 9.18 Å². The molecular formula is C33H40FN7O. The molecule has 42 heavy (non-hydrogen) atoms. The van der Waals surface area contributed by atoms with Crippen molar-refractivity contribution in [2.45, 2.75) is 39.8 Å². The third-order valence-corrected chi connectivity index (χ3v) is 9.16. The third-order valence-electron chi connectivity index (χ3n) is 9.16. The highest BCUT2D eigenvalue weighted by Gasteiger charge is 2.34. The minimum atomic E-state index is -0.313. The Hall–Kier alpha value is -3.98. The molecule has 2 aromatic carbocycles. The first-order valence-electron chi connectivity index (χ1n) is 14.7. The van der Waals surface area contributed by atoms with Crippen LogP contribution in [0.2, 0.25) is 0 Å². The number of carbonyl (C=O) groups excluding carboxylic acids is 1. The van der Waals surface area contributed by atoms with E-state index >= 15 is 4.39 Å². The van der Waals surface area contributed by atoms with E-state index in [2.05, 4.69) is 65.2 Å². The molecule has 8 nitrogen and oxygen atoms in total. The van der Waals surface area contributed by atoms with Gasteiger partial charge in [-0.15, -0.1) is 0 Å². The summed E-state index contributed by atoms with van der Waals surface area (Å²) in [5.41, 5.74) is 5.93. The number of aryl methyl sites for hydroxylation is 4. The molecule has 2 aliphatic heterocycles. The van der Waals surface area contributed by atoms with Crippen LogP contribution in [0.5, 0.6) is 0 Å². The van der Waals surface area contributed by atoms with Gasteiger partial charge in [-0.1, -0.05) is 12.6 Å². The van der Waals surface area contributed by atoms with Crippen LogP contribution < -0.4 is 9.80 Å². The molecule has 2 saturated heterocycles. The van der Waals surface area contributed by atoms with Gasteiger partial charge >= 0.3 is 0 Å². The number of benzene rings is 2. The zero-order valence-electron chi connectivity index (χ0n) is 25.7. The Bertz CT molecular complexity index is 1740. The molecule has 2 aliphatic rings. The van der Waals surface area contributed by atoms with Gasteiger partial charge in [-0.25, -0.2) is 9.37 Å². The lowest BCUT2D eigenvalue weighted by molar-refractivity contribution is -0.128. The molecule has 4 heterocycles. The lowest BCUT2D eigenvalue weighted by Gasteiger charge is -2.43. The molecule has 9 heteroatoms. The van der Waals surface area contributed by atoms with Gasteiger partial charge in [0.05, 0.1) is 0 Å². The van der Waals surface area contributed by atoms with Gasteiger partial charge in [0.1, 0.15) is 11.3 Å². The number of aromatic nitrogens is 3. The quantitative estimate of drug-likeness (QED) is 0.321. The van der Waals surface area contributed by atoms with E-state index < -0.39 is 0 Å². The van der Waals surface area contributed by atoms with Crippen LogP contribution in [-0.4, -0.2) is 89.1 Å². The molecular weight excluding hydrogens is 529 g/mol. The lowest BCUT2D eigenvalue weighted by Crippen LogP contribution is -2.58. The number of hydrogen-bond acceptors (Lipinski definition) is 6. The predicted molar refractivity (Wildman–Crippen MR) is 169 cm³/mol. The Morgan fingerprint density at radius 2 is 1.76 bits per heavy atom. The summed E-state index contributed by atoms with van der Waals surface area (Å²) in [5.74, 6) is 0.887. The topological polar surface area (TPSA) is 60.7 Å². The van der Waals surface area contributed by atoms with Crippen LogP contribution in [0.1, 0.15) is 23.6 Å². The largest absolute Gasteiger partial charge is 0.352 e. The molecule has 0 aliphatic carbocycles. The Kier molecular flexibility index (Phi) is 6.96. The van der Waals surface area contributed by atoms with Crippen molar-refractivity contribution in [3.63, 3.8) is 0 Å². The van der Waals surface area contributed by atoms with Crippen molar-refractivity contribution in [2.24, 2.45) is 7.05 Å². The number of hydrogen-bond donors (Lipinski definition) is 0. The smallest absolute Gasteiger partial charge is 0.246 e. The molecule has 0 spiro atoms. The second-order valence-corrected chi connectivity index (χ2v) is 12.3. The number of carbonyl (C=O) groups is 1. The molecule has 4 aromatic rings. The van der Waals surface area contributed by atoms with Crippen LogP contribution >= 0.6 is 0 Å². The van der Waals surface area contributed by atoms with E-state index in [0.29, 0.717) is 48.1 Å². The molecule has 0 N–H and O–H groups in total. The van der Waals surface area contributed by atoms with Crippen molar-refractivity contribution in [1.82, 2.24) is 24.3 Å². The highest BCUT2D eigenvalue weighted by atomic mass is 19.1. The van der Waals surface area contributed by atoms with Gasteiger partial charge in [0, 0.05) is 79.9 Å². The van der Waals surface area contributed by atoms with E-state index in [-0.39, 0.29) is 17.8 Å². The fourth-order valence-corrected chi connectivity index (χ4v) is 6.69. The lowest BCUT2D eigenvalue weighted by atomic mass is 9.90. The second kappa shape index (κ2) is 10.4. The second-order valence-electron chi connectivity index (χ2n) is 12.3. The summed E-state index contributed by atoms with van der Waals surface area (Å²) in [5, 5.41) is 1.77. The highest BCUT2D eigenvalue weighted by molar-refractivity contribution is 6.04. The van der Waals surface area contributed by atoms with E-state index in [1.165, 1.54) is 6.08 Å². The summed E-state index contributed by atoms with van der Waals surface area (Å²) < 4.78 is 19.2. The Labute approximate surface area is 247 Å². The zero-order valence-corrected chi connectivity index (χ0v) is 25.7. The summed E-state index contributed by atoms with van der Waals surface area (Å²) >= 11 is 0. The van der Waals surface area contributed by atoms with Crippen LogP contribution in [0, 0.1) is 26.6 Å². The van der Waals surface area contributed by atoms with Gasteiger partial charge in [-0.05, 0) is 82.3 Å². The molecule has 0 bridgehead atoms. The summed E-state index contributed by atoms with van der Waals surface area (Å²) in [6.45, 7) is 15.1. The summed E-state index contributed by atoms with van der Waals surface area (Å²) in [6.07, 6.45) is 3.47. The van der Waals surface area contributed by atoms with Crippen LogP contribution in [0.25, 0.3) is 32.9 Å². The summed E-state index contributed by atoms with van der Waals surface area (Å²) in [6, 6.07) is 6.60. The fraction of sp³-hybridized carbons (Fsp3) is 0.424. The summed E-state index contributed by atoms with van der Waals surface area (Å²) in [7, 11) is 6.17. The molecule has 0 radical (unpaired) electrons. The highest BCUT2D eigenvalue weighted by Crippen LogP contribution is 2.42. The van der Waals surface area contributed by atoms with Crippen LogP contribution in [0.3, 0.4) is 0 Å². The SMILES string of the molecule is C=CC(=O)N1CCN(c2nc(N3CC(N(C)C)C3)nc3c(F)c(-c4c(C)ccc5c4c(C)cn5C)c(C)cc23)C[C@H]1C. The fourth-order valence-electron chi connectivity index (χ4n) is 6.69. The zero-order chi connectivity index (χ0) is 30.0. The van der Waals surface area contributed by atoms with Gasteiger partial charge in [-0.3, -0.25) is 4.79 Å². The number of halogens is 1. The van der Waals surface area contributed by atoms with Gasteiger partial charge < -0.3 is 24.2 Å². The van der Waals surface area contributed by atoms with Crippen molar-refractivity contribution >= 4 is 39.5 Å². The average Bonchev–Trinajstić information content (AvgIpc) is 3.21. The molecule has 220 valence electrons. The van der Waals surface area contributed by atoms with Crippen LogP contribution in [0.15, 0.2) is 37.1 Å². The first kappa shape index (κ1) is 28.2. The summed E-state index contributed by atoms with van der Waals surface area (Å²) in [4.78, 5) is 30.7. The Morgan fingerprint density at radius 3 is 2.43 bits per heavy atom. The molecule has 1 amide bonds. The Morgan fingerprint density at radius 1 is 1.02 bits per heavy atom. The first-order valence-corrected chi connectivity index (χ1v) is 14.7. The van der Waals surface area contributed by atoms with Crippen LogP contribution in [0.4, 0.5) is 16.2 Å². The monoisotopic (exact) mass is 569 g/mol. The van der Waals surface area contributed by atoms with E-state index in [9.17, 15) is 4.79 Å². The van der Waals surface area contributed by atoms with Crippen molar-refractivity contribution in [1.29, 1.82) is 0 Å². The van der Waals surface area contributed by atoms with Gasteiger partial charge in [0.2, 0.25) is 11.9 Å². The van der Waals surface area contributed by atoms with Crippen molar-refractivity contribution in [3.05, 3.63) is 59.6 Å². The van der Waals surface area contributed by atoms with Crippen LogP contribution in [-0.2, 0) is 11.8 Å².